The maximum absolute atomic E-state index is 10.6. The molecule has 82 valence electrons. The summed E-state index contributed by atoms with van der Waals surface area (Å²) in [6.45, 7) is 0. The summed E-state index contributed by atoms with van der Waals surface area (Å²) in [6, 6.07) is 4.32. The van der Waals surface area contributed by atoms with E-state index in [0.29, 0.717) is 16.9 Å². The monoisotopic (exact) mass is 218 g/mol. The zero-order valence-electron chi connectivity index (χ0n) is 8.62. The van der Waals surface area contributed by atoms with Crippen molar-refractivity contribution in [2.24, 2.45) is 7.05 Å². The number of nitrogen functional groups attached to an aromatic ring is 1. The van der Waals surface area contributed by atoms with Gasteiger partial charge in [-0.05, 0) is 6.07 Å². The van der Waals surface area contributed by atoms with Gasteiger partial charge in [-0.15, -0.1) is 0 Å². The van der Waals surface area contributed by atoms with Crippen LogP contribution in [-0.4, -0.2) is 14.5 Å². The molecule has 1 heterocycles. The number of nitro benzene ring substituents is 1. The van der Waals surface area contributed by atoms with Crippen LogP contribution in [-0.2, 0) is 7.05 Å². The number of aromatic nitrogens is 2. The fraction of sp³-hybridized carbons (Fsp3) is 0.100. The van der Waals surface area contributed by atoms with E-state index >= 15 is 0 Å². The third-order valence-corrected chi connectivity index (χ3v) is 2.23. The highest BCUT2D eigenvalue weighted by atomic mass is 16.6. The smallest absolute Gasteiger partial charge is 0.270 e. The van der Waals surface area contributed by atoms with Crippen LogP contribution in [0.5, 0.6) is 0 Å². The van der Waals surface area contributed by atoms with Crippen LogP contribution in [0, 0.1) is 10.1 Å². The Labute approximate surface area is 91.5 Å². The van der Waals surface area contributed by atoms with Crippen molar-refractivity contribution in [3.05, 3.63) is 40.8 Å². The van der Waals surface area contributed by atoms with E-state index in [4.69, 9.17) is 5.73 Å². The Hall–Kier alpha value is -2.37. The van der Waals surface area contributed by atoms with Gasteiger partial charge in [0.05, 0.1) is 16.9 Å². The molecule has 0 aliphatic rings. The first kappa shape index (κ1) is 10.2. The normalized spacial score (nSPS) is 10.3. The number of aryl methyl sites for hydroxylation is 1. The lowest BCUT2D eigenvalue weighted by Gasteiger charge is -2.01. The lowest BCUT2D eigenvalue weighted by Crippen LogP contribution is -1.93. The number of hydrogen-bond acceptors (Lipinski definition) is 4. The number of nitrogens with two attached hydrogens (primary N) is 1. The molecule has 2 N–H and O–H groups in total. The minimum Gasteiger partial charge on any atom is -0.398 e. The second-order valence-electron chi connectivity index (χ2n) is 3.45. The molecule has 2 aromatic rings. The molecule has 1 aromatic carbocycles. The van der Waals surface area contributed by atoms with Crippen LogP contribution in [0.2, 0.25) is 0 Å². The van der Waals surface area contributed by atoms with Crippen molar-refractivity contribution in [2.45, 2.75) is 0 Å². The van der Waals surface area contributed by atoms with Gasteiger partial charge in [-0.25, -0.2) is 4.98 Å². The minimum absolute atomic E-state index is 0.00912. The van der Waals surface area contributed by atoms with E-state index in [1.807, 2.05) is 7.05 Å². The molecular weight excluding hydrogens is 208 g/mol. The number of rotatable bonds is 2. The van der Waals surface area contributed by atoms with Gasteiger partial charge >= 0.3 is 0 Å². The summed E-state index contributed by atoms with van der Waals surface area (Å²) in [5.74, 6) is 0. The number of imidazole rings is 1. The number of anilines is 1. The summed E-state index contributed by atoms with van der Waals surface area (Å²) in [7, 11) is 1.82. The average molecular weight is 218 g/mol. The molecule has 0 saturated heterocycles. The van der Waals surface area contributed by atoms with Crippen LogP contribution in [0.1, 0.15) is 0 Å². The first-order valence-electron chi connectivity index (χ1n) is 4.60. The maximum Gasteiger partial charge on any atom is 0.270 e. The molecule has 1 aromatic heterocycles. The first-order valence-corrected chi connectivity index (χ1v) is 4.60. The van der Waals surface area contributed by atoms with Gasteiger partial charge in [0.15, 0.2) is 0 Å². The van der Waals surface area contributed by atoms with Gasteiger partial charge in [0.1, 0.15) is 0 Å². The Morgan fingerprint density at radius 3 is 2.81 bits per heavy atom. The molecule has 0 bridgehead atoms. The molecule has 6 heteroatoms. The molecular formula is C10H10N4O2. The van der Waals surface area contributed by atoms with Gasteiger partial charge in [0, 0.05) is 36.6 Å². The van der Waals surface area contributed by atoms with E-state index in [9.17, 15) is 10.1 Å². The number of nitro groups is 1. The van der Waals surface area contributed by atoms with Crippen LogP contribution >= 0.6 is 0 Å². The van der Waals surface area contributed by atoms with Crippen molar-refractivity contribution in [1.29, 1.82) is 0 Å². The second kappa shape index (κ2) is 3.65. The highest BCUT2D eigenvalue weighted by Crippen LogP contribution is 2.28. The molecule has 0 amide bonds. The standard InChI is InChI=1S/C10H10N4O2/c1-13-5-10(12-6-13)8-4-7(14(15)16)2-3-9(8)11/h2-6H,11H2,1H3. The van der Waals surface area contributed by atoms with E-state index in [-0.39, 0.29) is 5.69 Å². The predicted molar refractivity (Wildman–Crippen MR) is 59.7 cm³/mol. The topological polar surface area (TPSA) is 87.0 Å². The van der Waals surface area contributed by atoms with Crippen molar-refractivity contribution in [3.8, 4) is 11.3 Å². The Morgan fingerprint density at radius 2 is 2.25 bits per heavy atom. The number of benzene rings is 1. The third-order valence-electron chi connectivity index (χ3n) is 2.23. The highest BCUT2D eigenvalue weighted by molar-refractivity contribution is 5.75. The molecule has 0 unspecified atom stereocenters. The Balaban J connectivity index is 2.55. The van der Waals surface area contributed by atoms with Crippen molar-refractivity contribution in [1.82, 2.24) is 9.55 Å². The molecule has 0 radical (unpaired) electrons. The third kappa shape index (κ3) is 1.72. The summed E-state index contributed by atoms with van der Waals surface area (Å²) in [5, 5.41) is 10.6. The van der Waals surface area contributed by atoms with Gasteiger partial charge in [0.25, 0.3) is 5.69 Å². The SMILES string of the molecule is Cn1cnc(-c2cc([N+](=O)[O-])ccc2N)c1. The maximum atomic E-state index is 10.6. The molecule has 16 heavy (non-hydrogen) atoms. The minimum atomic E-state index is -0.453. The molecule has 0 spiro atoms. The summed E-state index contributed by atoms with van der Waals surface area (Å²) in [6.07, 6.45) is 3.38. The fourth-order valence-corrected chi connectivity index (χ4v) is 1.43. The van der Waals surface area contributed by atoms with E-state index in [1.54, 1.807) is 17.1 Å². The summed E-state index contributed by atoms with van der Waals surface area (Å²) in [4.78, 5) is 14.3. The average Bonchev–Trinajstić information content (AvgIpc) is 2.65. The lowest BCUT2D eigenvalue weighted by atomic mass is 10.1. The molecule has 0 aliphatic heterocycles. The van der Waals surface area contributed by atoms with E-state index < -0.39 is 4.92 Å². The van der Waals surface area contributed by atoms with Crippen molar-refractivity contribution in [3.63, 3.8) is 0 Å². The van der Waals surface area contributed by atoms with Gasteiger partial charge in [-0.1, -0.05) is 0 Å². The Morgan fingerprint density at radius 1 is 1.50 bits per heavy atom. The van der Waals surface area contributed by atoms with Crippen LogP contribution in [0.25, 0.3) is 11.3 Å². The van der Waals surface area contributed by atoms with Crippen LogP contribution in [0.15, 0.2) is 30.7 Å². The van der Waals surface area contributed by atoms with Crippen LogP contribution < -0.4 is 5.73 Å². The predicted octanol–water partition coefficient (Wildman–Crippen LogP) is 1.58. The number of nitrogens with zero attached hydrogens (tertiary/aromatic N) is 3. The summed E-state index contributed by atoms with van der Waals surface area (Å²) >= 11 is 0. The van der Waals surface area contributed by atoms with E-state index in [0.717, 1.165) is 0 Å². The van der Waals surface area contributed by atoms with Crippen molar-refractivity contribution in [2.75, 3.05) is 5.73 Å². The van der Waals surface area contributed by atoms with Gasteiger partial charge in [-0.3, -0.25) is 10.1 Å². The largest absolute Gasteiger partial charge is 0.398 e. The van der Waals surface area contributed by atoms with Crippen LogP contribution in [0.4, 0.5) is 11.4 Å². The van der Waals surface area contributed by atoms with Crippen LogP contribution in [0.3, 0.4) is 0 Å². The molecule has 0 atom stereocenters. The molecule has 0 saturated carbocycles. The first-order chi connectivity index (χ1) is 7.58. The van der Waals surface area contributed by atoms with Crippen molar-refractivity contribution >= 4 is 11.4 Å². The summed E-state index contributed by atoms with van der Waals surface area (Å²) < 4.78 is 1.76. The fourth-order valence-electron chi connectivity index (χ4n) is 1.43. The molecule has 6 nitrogen and oxygen atoms in total. The Kier molecular flexibility index (Phi) is 2.32. The number of hydrogen-bond donors (Lipinski definition) is 1. The van der Waals surface area contributed by atoms with Gasteiger partial charge in [-0.2, -0.15) is 0 Å². The molecule has 2 rings (SSSR count). The van der Waals surface area contributed by atoms with Gasteiger partial charge in [0.2, 0.25) is 0 Å². The molecule has 0 fully saturated rings. The summed E-state index contributed by atoms with van der Waals surface area (Å²) in [5.41, 5.74) is 7.45. The number of non-ortho nitro benzene ring substituents is 1. The van der Waals surface area contributed by atoms with Gasteiger partial charge < -0.3 is 10.3 Å². The zero-order chi connectivity index (χ0) is 11.7. The highest BCUT2D eigenvalue weighted by Gasteiger charge is 2.12. The Bertz CT molecular complexity index is 548. The van der Waals surface area contributed by atoms with E-state index in [1.165, 1.54) is 18.2 Å². The molecule has 0 aliphatic carbocycles. The second-order valence-corrected chi connectivity index (χ2v) is 3.45. The lowest BCUT2D eigenvalue weighted by molar-refractivity contribution is -0.384. The zero-order valence-corrected chi connectivity index (χ0v) is 8.62. The van der Waals surface area contributed by atoms with E-state index in [2.05, 4.69) is 4.98 Å². The van der Waals surface area contributed by atoms with Crippen molar-refractivity contribution < 1.29 is 4.92 Å². The quantitative estimate of drug-likeness (QED) is 0.471.